The number of carbonyl (C=O) groups is 2. The molecule has 0 bridgehead atoms. The van der Waals surface area contributed by atoms with E-state index in [1.165, 1.54) is 30.2 Å². The predicted molar refractivity (Wildman–Crippen MR) is 134 cm³/mol. The minimum absolute atomic E-state index is 0.119. The minimum atomic E-state index is -1.14. The van der Waals surface area contributed by atoms with Crippen molar-refractivity contribution < 1.29 is 23.8 Å². The largest absolute Gasteiger partial charge is 0.507 e. The van der Waals surface area contributed by atoms with Gasteiger partial charge in [0, 0.05) is 16.8 Å². The molecule has 1 unspecified atom stereocenters. The molecule has 0 aromatic heterocycles. The van der Waals surface area contributed by atoms with Gasteiger partial charge in [-0.1, -0.05) is 51.1 Å². The highest BCUT2D eigenvalue weighted by molar-refractivity contribution is 6.51. The number of amides is 1. The number of hydrogen-bond acceptors (Lipinski definition) is 4. The van der Waals surface area contributed by atoms with Crippen molar-refractivity contribution >= 4 is 23.1 Å². The third kappa shape index (κ3) is 4.32. The number of halogens is 1. The second-order valence-corrected chi connectivity index (χ2v) is 9.67. The average molecular weight is 474 g/mol. The third-order valence-electron chi connectivity index (χ3n) is 6.35. The van der Waals surface area contributed by atoms with Gasteiger partial charge in [-0.05, 0) is 59.9 Å². The first-order chi connectivity index (χ1) is 16.5. The summed E-state index contributed by atoms with van der Waals surface area (Å²) in [6.07, 6.45) is 0. The average Bonchev–Trinajstić information content (AvgIpc) is 3.09. The maximum absolute atomic E-state index is 15.1. The number of aryl methyl sites for hydroxylation is 1. The highest BCUT2D eigenvalue weighted by Crippen LogP contribution is 2.43. The number of benzene rings is 3. The molecule has 0 aliphatic carbocycles. The fraction of sp³-hybridized carbons (Fsp3) is 0.241. The van der Waals surface area contributed by atoms with Crippen LogP contribution in [0.1, 0.15) is 49.1 Å². The third-order valence-corrected chi connectivity index (χ3v) is 6.35. The van der Waals surface area contributed by atoms with Crippen LogP contribution >= 0.6 is 0 Å². The Labute approximate surface area is 204 Å². The van der Waals surface area contributed by atoms with Gasteiger partial charge in [-0.25, -0.2) is 4.39 Å². The van der Waals surface area contributed by atoms with Gasteiger partial charge in [-0.15, -0.1) is 0 Å². The monoisotopic (exact) mass is 473 g/mol. The summed E-state index contributed by atoms with van der Waals surface area (Å²) < 4.78 is 20.3. The molecular formula is C29H28FNO4. The van der Waals surface area contributed by atoms with E-state index in [1.807, 2.05) is 45.9 Å². The zero-order chi connectivity index (χ0) is 25.5. The first kappa shape index (κ1) is 24.2. The number of ether oxygens (including phenoxy) is 1. The Kier molecular flexibility index (Phi) is 6.24. The number of nitrogens with zero attached hydrogens (tertiary/aromatic N) is 1. The highest BCUT2D eigenvalue weighted by Gasteiger charge is 2.48. The molecule has 1 heterocycles. The number of aliphatic hydroxyl groups excluding tert-OH is 1. The molecule has 3 aromatic rings. The fourth-order valence-electron chi connectivity index (χ4n) is 4.32. The Balaban J connectivity index is 1.98. The molecule has 0 radical (unpaired) electrons. The van der Waals surface area contributed by atoms with Gasteiger partial charge in [-0.2, -0.15) is 0 Å². The summed E-state index contributed by atoms with van der Waals surface area (Å²) in [5.74, 6) is -2.04. The van der Waals surface area contributed by atoms with Crippen molar-refractivity contribution in [3.63, 3.8) is 0 Å². The molecule has 1 atom stereocenters. The van der Waals surface area contributed by atoms with Crippen molar-refractivity contribution in [1.29, 1.82) is 0 Å². The van der Waals surface area contributed by atoms with E-state index >= 15 is 4.39 Å². The van der Waals surface area contributed by atoms with Crippen molar-refractivity contribution in [3.05, 3.63) is 100 Å². The summed E-state index contributed by atoms with van der Waals surface area (Å²) >= 11 is 0. The number of hydrogen-bond donors (Lipinski definition) is 1. The molecule has 6 heteroatoms. The fourth-order valence-corrected chi connectivity index (χ4v) is 4.32. The molecule has 3 aromatic carbocycles. The second-order valence-electron chi connectivity index (χ2n) is 9.67. The van der Waals surface area contributed by atoms with Crippen molar-refractivity contribution in [3.8, 4) is 5.75 Å². The van der Waals surface area contributed by atoms with Crippen molar-refractivity contribution in [2.75, 3.05) is 12.0 Å². The number of aliphatic hydroxyl groups is 1. The number of ketones is 1. The Bertz CT molecular complexity index is 1340. The Morgan fingerprint density at radius 1 is 1.00 bits per heavy atom. The summed E-state index contributed by atoms with van der Waals surface area (Å²) in [6, 6.07) is 17.1. The van der Waals surface area contributed by atoms with Crippen molar-refractivity contribution in [1.82, 2.24) is 0 Å². The first-order valence-electron chi connectivity index (χ1n) is 11.4. The first-order valence-corrected chi connectivity index (χ1v) is 11.4. The van der Waals surface area contributed by atoms with Gasteiger partial charge in [0.25, 0.3) is 11.7 Å². The van der Waals surface area contributed by atoms with Crippen LogP contribution in [0.25, 0.3) is 5.76 Å². The number of carbonyl (C=O) groups excluding carboxylic acids is 2. The predicted octanol–water partition coefficient (Wildman–Crippen LogP) is 6.07. The van der Waals surface area contributed by atoms with Crippen LogP contribution < -0.4 is 9.64 Å². The van der Waals surface area contributed by atoms with Gasteiger partial charge in [0.1, 0.15) is 17.3 Å². The summed E-state index contributed by atoms with van der Waals surface area (Å²) in [7, 11) is 1.52. The van der Waals surface area contributed by atoms with Gasteiger partial charge in [-0.3, -0.25) is 14.5 Å². The SMILES string of the molecule is COc1ccc(N2C(=O)C(=O)/C(=C(/O)c3cc(C(C)(C)C)ccc3C)C2c2ccccc2F)cc1. The zero-order valence-electron chi connectivity index (χ0n) is 20.4. The van der Waals surface area contributed by atoms with E-state index in [9.17, 15) is 14.7 Å². The maximum atomic E-state index is 15.1. The van der Waals surface area contributed by atoms with Crippen LogP contribution in [0, 0.1) is 12.7 Å². The lowest BCUT2D eigenvalue weighted by molar-refractivity contribution is -0.132. The van der Waals surface area contributed by atoms with Gasteiger partial charge in [0.2, 0.25) is 0 Å². The molecule has 0 spiro atoms. The Hall–Kier alpha value is -3.93. The summed E-state index contributed by atoms with van der Waals surface area (Å²) in [5.41, 5.74) is 2.28. The van der Waals surface area contributed by atoms with Gasteiger partial charge < -0.3 is 9.84 Å². The van der Waals surface area contributed by atoms with E-state index in [2.05, 4.69) is 0 Å². The Morgan fingerprint density at radius 3 is 2.26 bits per heavy atom. The van der Waals surface area contributed by atoms with Crippen LogP contribution in [0.4, 0.5) is 10.1 Å². The zero-order valence-corrected chi connectivity index (χ0v) is 20.4. The topological polar surface area (TPSA) is 66.8 Å². The van der Waals surface area contributed by atoms with E-state index in [0.717, 1.165) is 11.1 Å². The van der Waals surface area contributed by atoms with E-state index < -0.39 is 23.5 Å². The smallest absolute Gasteiger partial charge is 0.300 e. The van der Waals surface area contributed by atoms with E-state index in [-0.39, 0.29) is 22.3 Å². The van der Waals surface area contributed by atoms with Crippen LogP contribution in [0.3, 0.4) is 0 Å². The summed E-state index contributed by atoms with van der Waals surface area (Å²) in [4.78, 5) is 27.9. The molecule has 1 saturated heterocycles. The highest BCUT2D eigenvalue weighted by atomic mass is 19.1. The molecule has 1 aliphatic heterocycles. The maximum Gasteiger partial charge on any atom is 0.300 e. The van der Waals surface area contributed by atoms with Crippen LogP contribution in [0.2, 0.25) is 0 Å². The molecule has 4 rings (SSSR count). The van der Waals surface area contributed by atoms with Gasteiger partial charge in [0.15, 0.2) is 0 Å². The molecule has 1 aliphatic rings. The lowest BCUT2D eigenvalue weighted by atomic mass is 9.84. The van der Waals surface area contributed by atoms with Crippen LogP contribution in [-0.4, -0.2) is 23.9 Å². The van der Waals surface area contributed by atoms with Crippen LogP contribution in [-0.2, 0) is 15.0 Å². The number of methoxy groups -OCH3 is 1. The van der Waals surface area contributed by atoms with E-state index in [1.54, 1.807) is 30.3 Å². The van der Waals surface area contributed by atoms with E-state index in [4.69, 9.17) is 4.74 Å². The molecule has 5 nitrogen and oxygen atoms in total. The molecule has 0 saturated carbocycles. The Morgan fingerprint density at radius 2 is 1.66 bits per heavy atom. The normalized spacial score (nSPS) is 17.7. The standard InChI is InChI=1S/C29H28FNO4/c1-17-10-11-18(29(2,3)4)16-22(17)26(32)24-25(21-8-6-7-9-23(21)30)31(28(34)27(24)33)19-12-14-20(35-5)15-13-19/h6-16,25,32H,1-5H3/b26-24+. The lowest BCUT2D eigenvalue weighted by Crippen LogP contribution is -2.29. The van der Waals surface area contributed by atoms with Crippen LogP contribution in [0.5, 0.6) is 5.75 Å². The number of Topliss-reactive ketones (excluding diaryl/α,β-unsaturated/α-hetero) is 1. The molecular weight excluding hydrogens is 445 g/mol. The second kappa shape index (κ2) is 9.02. The lowest BCUT2D eigenvalue weighted by Gasteiger charge is -2.26. The van der Waals surface area contributed by atoms with Crippen molar-refractivity contribution in [2.24, 2.45) is 0 Å². The molecule has 1 amide bonds. The minimum Gasteiger partial charge on any atom is -0.507 e. The quantitative estimate of drug-likeness (QED) is 0.284. The molecule has 1 fully saturated rings. The number of anilines is 1. The van der Waals surface area contributed by atoms with Gasteiger partial charge >= 0.3 is 0 Å². The van der Waals surface area contributed by atoms with E-state index in [0.29, 0.717) is 17.0 Å². The van der Waals surface area contributed by atoms with Crippen LogP contribution in [0.15, 0.2) is 72.3 Å². The molecule has 1 N–H and O–H groups in total. The number of rotatable bonds is 4. The molecule has 35 heavy (non-hydrogen) atoms. The molecule has 180 valence electrons. The van der Waals surface area contributed by atoms with Crippen molar-refractivity contribution in [2.45, 2.75) is 39.2 Å². The summed E-state index contributed by atoms with van der Waals surface area (Å²) in [5, 5.41) is 11.5. The van der Waals surface area contributed by atoms with Gasteiger partial charge in [0.05, 0.1) is 18.7 Å². The summed E-state index contributed by atoms with van der Waals surface area (Å²) in [6.45, 7) is 7.95.